The summed E-state index contributed by atoms with van der Waals surface area (Å²) >= 11 is 1.82. The highest BCUT2D eigenvalue weighted by atomic mass is 32.1. The summed E-state index contributed by atoms with van der Waals surface area (Å²) in [5.41, 5.74) is 2.20. The van der Waals surface area contributed by atoms with Crippen LogP contribution in [-0.2, 0) is 24.2 Å². The van der Waals surface area contributed by atoms with Gasteiger partial charge in [0.15, 0.2) is 5.65 Å². The van der Waals surface area contributed by atoms with E-state index in [0.717, 1.165) is 31.0 Å². The van der Waals surface area contributed by atoms with Crippen LogP contribution >= 0.6 is 11.3 Å². The first kappa shape index (κ1) is 15.3. The number of amides is 1. The minimum absolute atomic E-state index is 0.0718. The normalized spacial score (nSPS) is 14.7. The van der Waals surface area contributed by atoms with Crippen molar-refractivity contribution in [2.75, 3.05) is 19.6 Å². The Kier molecular flexibility index (Phi) is 4.27. The Labute approximate surface area is 144 Å². The van der Waals surface area contributed by atoms with Gasteiger partial charge >= 0.3 is 0 Å². The number of hydrogen-bond donors (Lipinski definition) is 1. The minimum Gasteiger partial charge on any atom is -0.355 e. The van der Waals surface area contributed by atoms with Crippen molar-refractivity contribution in [2.45, 2.75) is 19.4 Å². The molecular formula is C17H19N5OS. The van der Waals surface area contributed by atoms with E-state index in [-0.39, 0.29) is 5.91 Å². The molecule has 0 fully saturated rings. The smallest absolute Gasteiger partial charge is 0.234 e. The zero-order chi connectivity index (χ0) is 16.4. The van der Waals surface area contributed by atoms with E-state index in [1.165, 1.54) is 10.4 Å². The average molecular weight is 341 g/mol. The summed E-state index contributed by atoms with van der Waals surface area (Å²) in [5, 5.41) is 13.4. The number of nitrogens with zero attached hydrogens (tertiary/aromatic N) is 4. The molecule has 6 nitrogen and oxygen atoms in total. The van der Waals surface area contributed by atoms with Crippen molar-refractivity contribution in [3.8, 4) is 0 Å². The van der Waals surface area contributed by atoms with Crippen molar-refractivity contribution in [3.63, 3.8) is 0 Å². The summed E-state index contributed by atoms with van der Waals surface area (Å²) in [6.07, 6.45) is 3.66. The number of rotatable bonds is 5. The Morgan fingerprint density at radius 3 is 3.21 bits per heavy atom. The number of carbonyl (C=O) groups is 1. The van der Waals surface area contributed by atoms with E-state index >= 15 is 0 Å². The van der Waals surface area contributed by atoms with Gasteiger partial charge in [-0.25, -0.2) is 0 Å². The second-order valence-electron chi connectivity index (χ2n) is 5.97. The van der Waals surface area contributed by atoms with E-state index in [1.54, 1.807) is 0 Å². The highest BCUT2D eigenvalue weighted by Gasteiger charge is 2.19. The highest BCUT2D eigenvalue weighted by molar-refractivity contribution is 7.10. The number of nitrogens with one attached hydrogen (secondary N) is 1. The number of carbonyl (C=O) groups excluding carboxylic acids is 1. The molecule has 1 amide bonds. The van der Waals surface area contributed by atoms with Crippen LogP contribution in [0.5, 0.6) is 0 Å². The van der Waals surface area contributed by atoms with E-state index in [1.807, 2.05) is 40.1 Å². The Morgan fingerprint density at radius 1 is 1.29 bits per heavy atom. The van der Waals surface area contributed by atoms with E-state index in [9.17, 15) is 4.79 Å². The first-order valence-corrected chi connectivity index (χ1v) is 9.00. The van der Waals surface area contributed by atoms with Crippen molar-refractivity contribution in [1.82, 2.24) is 24.8 Å². The maximum Gasteiger partial charge on any atom is 0.234 e. The lowest BCUT2D eigenvalue weighted by atomic mass is 10.1. The monoisotopic (exact) mass is 341 g/mol. The third-order valence-electron chi connectivity index (χ3n) is 4.31. The predicted molar refractivity (Wildman–Crippen MR) is 93.0 cm³/mol. The lowest BCUT2D eigenvalue weighted by molar-refractivity contribution is -0.122. The molecule has 0 aliphatic carbocycles. The average Bonchev–Trinajstić information content (AvgIpc) is 3.21. The molecule has 0 saturated carbocycles. The van der Waals surface area contributed by atoms with Crippen LogP contribution in [0.25, 0.3) is 5.65 Å². The van der Waals surface area contributed by atoms with Crippen LogP contribution in [0.2, 0.25) is 0 Å². The summed E-state index contributed by atoms with van der Waals surface area (Å²) in [7, 11) is 0. The van der Waals surface area contributed by atoms with Crippen LogP contribution in [0.15, 0.2) is 35.8 Å². The molecule has 4 heterocycles. The maximum absolute atomic E-state index is 12.2. The maximum atomic E-state index is 12.2. The SMILES string of the molecule is O=C(CN1CCc2sccc2C1)NCCc1nnc2ccccn12. The van der Waals surface area contributed by atoms with Gasteiger partial charge in [0.05, 0.1) is 6.54 Å². The molecule has 124 valence electrons. The molecule has 0 saturated heterocycles. The van der Waals surface area contributed by atoms with E-state index in [2.05, 4.69) is 31.9 Å². The van der Waals surface area contributed by atoms with Crippen LogP contribution in [0.1, 0.15) is 16.3 Å². The molecule has 24 heavy (non-hydrogen) atoms. The van der Waals surface area contributed by atoms with Crippen LogP contribution in [0.4, 0.5) is 0 Å². The Hall–Kier alpha value is -2.25. The van der Waals surface area contributed by atoms with Crippen molar-refractivity contribution in [3.05, 3.63) is 52.1 Å². The van der Waals surface area contributed by atoms with Crippen LogP contribution < -0.4 is 5.32 Å². The van der Waals surface area contributed by atoms with Gasteiger partial charge in [0.25, 0.3) is 0 Å². The number of thiophene rings is 1. The number of aromatic nitrogens is 3. The van der Waals surface area contributed by atoms with Gasteiger partial charge in [-0.05, 0) is 35.6 Å². The molecule has 3 aromatic heterocycles. The third kappa shape index (κ3) is 3.18. The molecule has 0 aromatic carbocycles. The fraction of sp³-hybridized carbons (Fsp3) is 0.353. The van der Waals surface area contributed by atoms with Gasteiger partial charge in [-0.15, -0.1) is 21.5 Å². The molecule has 1 aliphatic rings. The second kappa shape index (κ2) is 6.70. The Balaban J connectivity index is 1.27. The molecule has 0 unspecified atom stereocenters. The zero-order valence-corrected chi connectivity index (χ0v) is 14.1. The fourth-order valence-electron chi connectivity index (χ4n) is 3.08. The lowest BCUT2D eigenvalue weighted by Gasteiger charge is -2.26. The standard InChI is InChI=1S/C17H19N5OS/c23-17(12-21-9-5-14-13(11-21)6-10-24-14)18-7-4-16-20-19-15-3-1-2-8-22(15)16/h1-3,6,8,10H,4-5,7,9,11-12H2,(H,18,23). The third-order valence-corrected chi connectivity index (χ3v) is 5.33. The molecule has 1 aliphatic heterocycles. The number of hydrogen-bond acceptors (Lipinski definition) is 5. The molecule has 0 atom stereocenters. The van der Waals surface area contributed by atoms with Crippen LogP contribution in [0.3, 0.4) is 0 Å². The topological polar surface area (TPSA) is 62.5 Å². The lowest BCUT2D eigenvalue weighted by Crippen LogP contribution is -2.40. The van der Waals surface area contributed by atoms with E-state index in [4.69, 9.17) is 0 Å². The van der Waals surface area contributed by atoms with Crippen molar-refractivity contribution in [2.24, 2.45) is 0 Å². The van der Waals surface area contributed by atoms with Gasteiger partial charge in [-0.2, -0.15) is 0 Å². The first-order chi connectivity index (χ1) is 11.8. The first-order valence-electron chi connectivity index (χ1n) is 8.12. The van der Waals surface area contributed by atoms with Crippen molar-refractivity contribution in [1.29, 1.82) is 0 Å². The molecule has 0 spiro atoms. The number of pyridine rings is 1. The Morgan fingerprint density at radius 2 is 2.25 bits per heavy atom. The number of fused-ring (bicyclic) bond motifs is 2. The summed E-state index contributed by atoms with van der Waals surface area (Å²) in [5.74, 6) is 0.939. The van der Waals surface area contributed by atoms with Crippen molar-refractivity contribution >= 4 is 22.9 Å². The molecule has 7 heteroatoms. The van der Waals surface area contributed by atoms with Gasteiger partial charge < -0.3 is 5.32 Å². The quantitative estimate of drug-likeness (QED) is 0.764. The summed E-state index contributed by atoms with van der Waals surface area (Å²) in [4.78, 5) is 15.8. The molecular weight excluding hydrogens is 322 g/mol. The highest BCUT2D eigenvalue weighted by Crippen LogP contribution is 2.23. The van der Waals surface area contributed by atoms with Gasteiger partial charge in [0, 0.05) is 37.1 Å². The predicted octanol–water partition coefficient (Wildman–Crippen LogP) is 1.51. The fourth-order valence-corrected chi connectivity index (χ4v) is 3.97. The zero-order valence-electron chi connectivity index (χ0n) is 13.3. The van der Waals surface area contributed by atoms with E-state index in [0.29, 0.717) is 19.5 Å². The van der Waals surface area contributed by atoms with Gasteiger partial charge in [-0.1, -0.05) is 6.07 Å². The van der Waals surface area contributed by atoms with Crippen LogP contribution in [-0.4, -0.2) is 45.0 Å². The summed E-state index contributed by atoms with van der Waals surface area (Å²) in [6.45, 7) is 2.86. The molecule has 0 radical (unpaired) electrons. The minimum atomic E-state index is 0.0718. The van der Waals surface area contributed by atoms with E-state index < -0.39 is 0 Å². The summed E-state index contributed by atoms with van der Waals surface area (Å²) < 4.78 is 1.95. The van der Waals surface area contributed by atoms with Crippen LogP contribution in [0, 0.1) is 0 Å². The summed E-state index contributed by atoms with van der Waals surface area (Å²) in [6, 6.07) is 7.98. The molecule has 0 bridgehead atoms. The van der Waals surface area contributed by atoms with Gasteiger partial charge in [0.1, 0.15) is 5.82 Å². The molecule has 1 N–H and O–H groups in total. The largest absolute Gasteiger partial charge is 0.355 e. The molecule has 3 aromatic rings. The second-order valence-corrected chi connectivity index (χ2v) is 6.98. The van der Waals surface area contributed by atoms with Crippen molar-refractivity contribution < 1.29 is 4.79 Å². The molecule has 4 rings (SSSR count). The van der Waals surface area contributed by atoms with Gasteiger partial charge in [-0.3, -0.25) is 14.1 Å². The Bertz CT molecular complexity index is 855. The van der Waals surface area contributed by atoms with Gasteiger partial charge in [0.2, 0.25) is 5.91 Å².